The Morgan fingerprint density at radius 3 is 2.30 bits per heavy atom. The van der Waals surface area contributed by atoms with Gasteiger partial charge in [0.15, 0.2) is 0 Å². The second-order valence-corrected chi connectivity index (χ2v) is 7.18. The van der Waals surface area contributed by atoms with E-state index in [0.717, 1.165) is 11.3 Å². The number of hydrogen-bond acceptors (Lipinski definition) is 3. The number of carbonyl (C=O) groups excluding carboxylic acids is 2. The predicted molar refractivity (Wildman–Crippen MR) is 94.5 cm³/mol. The highest BCUT2D eigenvalue weighted by Crippen LogP contribution is 2.14. The zero-order chi connectivity index (χ0) is 17.8. The molecule has 0 aliphatic rings. The summed E-state index contributed by atoms with van der Waals surface area (Å²) >= 11 is 0. The largest absolute Gasteiger partial charge is 0.350 e. The second-order valence-electron chi connectivity index (χ2n) is 7.18. The maximum absolute atomic E-state index is 12.3. The van der Waals surface area contributed by atoms with Crippen molar-refractivity contribution >= 4 is 17.5 Å². The van der Waals surface area contributed by atoms with Crippen LogP contribution in [0.5, 0.6) is 0 Å². The Morgan fingerprint density at radius 2 is 1.78 bits per heavy atom. The number of benzene rings is 1. The van der Waals surface area contributed by atoms with Gasteiger partial charge in [-0.1, -0.05) is 6.07 Å². The second kappa shape index (κ2) is 7.59. The molecule has 2 amide bonds. The summed E-state index contributed by atoms with van der Waals surface area (Å²) in [5.41, 5.74) is 2.82. The molecule has 2 N–H and O–H groups in total. The van der Waals surface area contributed by atoms with Crippen LogP contribution in [-0.4, -0.2) is 41.9 Å². The van der Waals surface area contributed by atoms with E-state index in [1.54, 1.807) is 18.9 Å². The fourth-order valence-corrected chi connectivity index (χ4v) is 2.09. The molecule has 1 aromatic carbocycles. The van der Waals surface area contributed by atoms with E-state index in [1.807, 2.05) is 52.8 Å². The van der Waals surface area contributed by atoms with Gasteiger partial charge >= 0.3 is 0 Å². The first kappa shape index (κ1) is 19.2. The Morgan fingerprint density at radius 1 is 1.17 bits per heavy atom. The number of aryl methyl sites for hydroxylation is 2. The quantitative estimate of drug-likeness (QED) is 0.876. The number of nitrogens with zero attached hydrogens (tertiary/aromatic N) is 1. The van der Waals surface area contributed by atoms with Crippen molar-refractivity contribution in [3.8, 4) is 0 Å². The predicted octanol–water partition coefficient (Wildman–Crippen LogP) is 2.48. The lowest BCUT2D eigenvalue weighted by Crippen LogP contribution is -2.49. The molecular formula is C18H29N3O2. The van der Waals surface area contributed by atoms with Crippen LogP contribution in [0.1, 0.15) is 38.8 Å². The van der Waals surface area contributed by atoms with Crippen molar-refractivity contribution in [2.45, 2.75) is 53.1 Å². The van der Waals surface area contributed by atoms with E-state index < -0.39 is 6.04 Å². The van der Waals surface area contributed by atoms with Gasteiger partial charge < -0.3 is 10.6 Å². The number of nitrogens with one attached hydrogen (secondary N) is 2. The van der Waals surface area contributed by atoms with Gasteiger partial charge in [-0.2, -0.15) is 0 Å². The average molecular weight is 319 g/mol. The van der Waals surface area contributed by atoms with E-state index in [4.69, 9.17) is 0 Å². The molecular weight excluding hydrogens is 290 g/mol. The van der Waals surface area contributed by atoms with Crippen molar-refractivity contribution < 1.29 is 9.59 Å². The van der Waals surface area contributed by atoms with Crippen molar-refractivity contribution in [1.29, 1.82) is 0 Å². The summed E-state index contributed by atoms with van der Waals surface area (Å²) < 4.78 is 0. The minimum Gasteiger partial charge on any atom is -0.350 e. The summed E-state index contributed by atoms with van der Waals surface area (Å²) in [4.78, 5) is 26.0. The molecule has 0 saturated heterocycles. The molecule has 0 aliphatic carbocycles. The van der Waals surface area contributed by atoms with E-state index >= 15 is 0 Å². The number of carbonyl (C=O) groups is 2. The molecule has 1 unspecified atom stereocenters. The van der Waals surface area contributed by atoms with Gasteiger partial charge in [-0.3, -0.25) is 14.5 Å². The number of amides is 2. The number of likely N-dealkylation sites (N-methyl/N-ethyl adjacent to an activating group) is 1. The number of anilines is 1. The maximum atomic E-state index is 12.3. The molecule has 5 nitrogen and oxygen atoms in total. The molecule has 0 radical (unpaired) electrons. The summed E-state index contributed by atoms with van der Waals surface area (Å²) in [5, 5.41) is 5.79. The molecule has 1 rings (SSSR count). The van der Waals surface area contributed by atoms with Crippen molar-refractivity contribution in [2.75, 3.05) is 18.9 Å². The van der Waals surface area contributed by atoms with Crippen LogP contribution in [0.4, 0.5) is 5.69 Å². The van der Waals surface area contributed by atoms with Crippen LogP contribution in [-0.2, 0) is 9.59 Å². The molecule has 0 heterocycles. The summed E-state index contributed by atoms with van der Waals surface area (Å²) in [7, 11) is 1.77. The van der Waals surface area contributed by atoms with Gasteiger partial charge in [-0.05, 0) is 71.8 Å². The lowest BCUT2D eigenvalue weighted by Gasteiger charge is -2.26. The topological polar surface area (TPSA) is 61.4 Å². The van der Waals surface area contributed by atoms with Crippen molar-refractivity contribution in [3.63, 3.8) is 0 Å². The molecule has 0 aliphatic heterocycles. The highest BCUT2D eigenvalue weighted by Gasteiger charge is 2.22. The fraction of sp³-hybridized carbons (Fsp3) is 0.556. The first-order valence-corrected chi connectivity index (χ1v) is 7.89. The van der Waals surface area contributed by atoms with E-state index in [2.05, 4.69) is 10.6 Å². The Hall–Kier alpha value is -1.88. The van der Waals surface area contributed by atoms with Crippen molar-refractivity contribution in [1.82, 2.24) is 10.2 Å². The van der Waals surface area contributed by atoms with Crippen molar-refractivity contribution in [2.24, 2.45) is 0 Å². The summed E-state index contributed by atoms with van der Waals surface area (Å²) in [6.07, 6.45) is 0. The van der Waals surface area contributed by atoms with Gasteiger partial charge in [-0.25, -0.2) is 0 Å². The lowest BCUT2D eigenvalue weighted by atomic mass is 10.1. The van der Waals surface area contributed by atoms with Gasteiger partial charge in [0.1, 0.15) is 0 Å². The molecule has 128 valence electrons. The maximum Gasteiger partial charge on any atom is 0.241 e. The third-order valence-electron chi connectivity index (χ3n) is 3.72. The van der Waals surface area contributed by atoms with Crippen LogP contribution >= 0.6 is 0 Å². The average Bonchev–Trinajstić information content (AvgIpc) is 2.39. The molecule has 0 saturated carbocycles. The Labute approximate surface area is 139 Å². The highest BCUT2D eigenvalue weighted by molar-refractivity contribution is 5.95. The Bertz CT molecular complexity index is 576. The molecule has 1 atom stereocenters. The van der Waals surface area contributed by atoms with E-state index in [0.29, 0.717) is 0 Å². The Kier molecular flexibility index (Phi) is 6.33. The first-order valence-electron chi connectivity index (χ1n) is 7.89. The molecule has 5 heteroatoms. The third-order valence-corrected chi connectivity index (χ3v) is 3.72. The van der Waals surface area contributed by atoms with Crippen LogP contribution in [0.15, 0.2) is 18.2 Å². The smallest absolute Gasteiger partial charge is 0.241 e. The van der Waals surface area contributed by atoms with E-state index in [1.165, 1.54) is 5.56 Å². The van der Waals surface area contributed by atoms with Crippen molar-refractivity contribution in [3.05, 3.63) is 29.3 Å². The first-order chi connectivity index (χ1) is 10.5. The van der Waals surface area contributed by atoms with Gasteiger partial charge in [0.05, 0.1) is 12.6 Å². The van der Waals surface area contributed by atoms with Crippen LogP contribution in [0.3, 0.4) is 0 Å². The van der Waals surface area contributed by atoms with Gasteiger partial charge in [-0.15, -0.1) is 0 Å². The third kappa shape index (κ3) is 6.40. The summed E-state index contributed by atoms with van der Waals surface area (Å²) in [6.45, 7) is 11.8. The van der Waals surface area contributed by atoms with Gasteiger partial charge in [0.2, 0.25) is 11.8 Å². The molecule has 0 spiro atoms. The van der Waals surface area contributed by atoms with E-state index in [9.17, 15) is 9.59 Å². The molecule has 0 fully saturated rings. The fourth-order valence-electron chi connectivity index (χ4n) is 2.09. The molecule has 0 aromatic heterocycles. The zero-order valence-electron chi connectivity index (χ0n) is 15.3. The van der Waals surface area contributed by atoms with Gasteiger partial charge in [0, 0.05) is 11.2 Å². The molecule has 1 aromatic rings. The lowest BCUT2D eigenvalue weighted by molar-refractivity contribution is -0.125. The molecule has 23 heavy (non-hydrogen) atoms. The minimum absolute atomic E-state index is 0.0918. The van der Waals surface area contributed by atoms with Crippen LogP contribution in [0, 0.1) is 13.8 Å². The number of rotatable bonds is 5. The van der Waals surface area contributed by atoms with Gasteiger partial charge in [0.25, 0.3) is 0 Å². The Balaban J connectivity index is 2.61. The normalized spacial score (nSPS) is 12.9. The minimum atomic E-state index is -0.401. The van der Waals surface area contributed by atoms with Crippen LogP contribution in [0.25, 0.3) is 0 Å². The zero-order valence-corrected chi connectivity index (χ0v) is 15.3. The number of hydrogen-bond donors (Lipinski definition) is 2. The SMILES string of the molecule is Cc1ccc(NC(=O)C(C)N(C)CC(=O)NC(C)(C)C)cc1C. The highest BCUT2D eigenvalue weighted by atomic mass is 16.2. The van der Waals surface area contributed by atoms with Crippen LogP contribution < -0.4 is 10.6 Å². The van der Waals surface area contributed by atoms with Crippen LogP contribution in [0.2, 0.25) is 0 Å². The van der Waals surface area contributed by atoms with E-state index in [-0.39, 0.29) is 23.9 Å². The summed E-state index contributed by atoms with van der Waals surface area (Å²) in [5.74, 6) is -0.217. The monoisotopic (exact) mass is 319 g/mol. The standard InChI is InChI=1S/C18H29N3O2/c1-12-8-9-15(10-13(12)2)19-17(23)14(3)21(7)11-16(22)20-18(4,5)6/h8-10,14H,11H2,1-7H3,(H,19,23)(H,20,22). The molecule has 0 bridgehead atoms. The summed E-state index contributed by atoms with van der Waals surface area (Å²) in [6, 6.07) is 5.42.